The van der Waals surface area contributed by atoms with Gasteiger partial charge in [-0.15, -0.1) is 0 Å². The molecule has 1 aliphatic heterocycles. The first-order valence-corrected chi connectivity index (χ1v) is 10.8. The van der Waals surface area contributed by atoms with Gasteiger partial charge in [0.05, 0.1) is 29.5 Å². The molecule has 3 heterocycles. The number of rotatable bonds is 5. The number of alkyl halides is 2. The highest BCUT2D eigenvalue weighted by molar-refractivity contribution is 5.85. The number of benzene rings is 2. The number of anilines is 1. The van der Waals surface area contributed by atoms with E-state index < -0.39 is 17.9 Å². The lowest BCUT2D eigenvalue weighted by molar-refractivity contribution is -0.143. The second-order valence-electron chi connectivity index (χ2n) is 8.31. The van der Waals surface area contributed by atoms with E-state index >= 15 is 0 Å². The Balaban J connectivity index is 1.50. The molecular formula is C25H23F2N5O. The Morgan fingerprint density at radius 3 is 2.55 bits per heavy atom. The average Bonchev–Trinajstić information content (AvgIpc) is 3.43. The summed E-state index contributed by atoms with van der Waals surface area (Å²) in [6, 6.07) is 18.8. The van der Waals surface area contributed by atoms with E-state index in [1.54, 1.807) is 12.4 Å². The SMILES string of the molecule is CC(F)(F)C(=O)N[C@@H]1CCN(c2ccc3c(cnn3-c3ccncc3)c2)[C@H]1c1ccccc1. The van der Waals surface area contributed by atoms with E-state index in [0.29, 0.717) is 19.9 Å². The Kier molecular flexibility index (Phi) is 5.28. The van der Waals surface area contributed by atoms with E-state index in [2.05, 4.69) is 26.4 Å². The van der Waals surface area contributed by atoms with Gasteiger partial charge in [0.1, 0.15) is 0 Å². The van der Waals surface area contributed by atoms with Crippen LogP contribution in [0, 0.1) is 0 Å². The van der Waals surface area contributed by atoms with Gasteiger partial charge in [-0.05, 0) is 42.3 Å². The van der Waals surface area contributed by atoms with Gasteiger partial charge in [-0.1, -0.05) is 30.3 Å². The number of amides is 1. The Hall–Kier alpha value is -3.81. The van der Waals surface area contributed by atoms with Gasteiger partial charge in [0.15, 0.2) is 0 Å². The van der Waals surface area contributed by atoms with Gasteiger partial charge in [0, 0.05) is 36.9 Å². The molecule has 1 amide bonds. The molecule has 2 aromatic carbocycles. The largest absolute Gasteiger partial charge is 0.362 e. The zero-order chi connectivity index (χ0) is 23.0. The van der Waals surface area contributed by atoms with Crippen molar-refractivity contribution in [2.24, 2.45) is 0 Å². The van der Waals surface area contributed by atoms with Crippen LogP contribution in [0.4, 0.5) is 14.5 Å². The maximum absolute atomic E-state index is 13.6. The van der Waals surface area contributed by atoms with Crippen molar-refractivity contribution in [3.8, 4) is 5.69 Å². The van der Waals surface area contributed by atoms with Crippen LogP contribution in [-0.2, 0) is 4.79 Å². The molecule has 2 aromatic heterocycles. The molecule has 33 heavy (non-hydrogen) atoms. The van der Waals surface area contributed by atoms with Crippen LogP contribution in [0.2, 0.25) is 0 Å². The van der Waals surface area contributed by atoms with Crippen molar-refractivity contribution in [1.29, 1.82) is 0 Å². The van der Waals surface area contributed by atoms with E-state index in [-0.39, 0.29) is 6.04 Å². The summed E-state index contributed by atoms with van der Waals surface area (Å²) < 4.78 is 29.0. The molecule has 0 bridgehead atoms. The molecule has 1 N–H and O–H groups in total. The third-order valence-electron chi connectivity index (χ3n) is 6.04. The topological polar surface area (TPSA) is 63.1 Å². The molecule has 1 saturated heterocycles. The Morgan fingerprint density at radius 1 is 1.06 bits per heavy atom. The third-order valence-corrected chi connectivity index (χ3v) is 6.04. The molecule has 6 nitrogen and oxygen atoms in total. The number of nitrogens with zero attached hydrogens (tertiary/aromatic N) is 4. The Bertz CT molecular complexity index is 1270. The van der Waals surface area contributed by atoms with Gasteiger partial charge in [-0.3, -0.25) is 9.78 Å². The van der Waals surface area contributed by atoms with Gasteiger partial charge >= 0.3 is 5.92 Å². The van der Waals surface area contributed by atoms with Crippen molar-refractivity contribution < 1.29 is 13.6 Å². The minimum atomic E-state index is -3.42. The number of fused-ring (bicyclic) bond motifs is 1. The maximum atomic E-state index is 13.6. The fraction of sp³-hybridized carbons (Fsp3) is 0.240. The summed E-state index contributed by atoms with van der Waals surface area (Å²) in [5, 5.41) is 8.06. The summed E-state index contributed by atoms with van der Waals surface area (Å²) in [5.74, 6) is -4.67. The maximum Gasteiger partial charge on any atom is 0.321 e. The molecule has 5 rings (SSSR count). The second-order valence-corrected chi connectivity index (χ2v) is 8.31. The van der Waals surface area contributed by atoms with E-state index in [0.717, 1.165) is 27.8 Å². The predicted molar refractivity (Wildman–Crippen MR) is 123 cm³/mol. The molecule has 168 valence electrons. The molecule has 0 radical (unpaired) electrons. The molecule has 0 spiro atoms. The zero-order valence-electron chi connectivity index (χ0n) is 18.0. The first-order valence-electron chi connectivity index (χ1n) is 10.8. The van der Waals surface area contributed by atoms with Gasteiger partial charge in [0.25, 0.3) is 5.91 Å². The Morgan fingerprint density at radius 2 is 1.82 bits per heavy atom. The van der Waals surface area contributed by atoms with Crippen molar-refractivity contribution in [3.63, 3.8) is 0 Å². The van der Waals surface area contributed by atoms with Crippen LogP contribution in [0.3, 0.4) is 0 Å². The summed E-state index contributed by atoms with van der Waals surface area (Å²) in [6.45, 7) is 1.25. The molecule has 1 fully saturated rings. The number of hydrogen-bond donors (Lipinski definition) is 1. The number of carbonyl (C=O) groups is 1. The van der Waals surface area contributed by atoms with Gasteiger partial charge in [-0.25, -0.2) is 4.68 Å². The van der Waals surface area contributed by atoms with Crippen LogP contribution in [-0.4, -0.2) is 39.2 Å². The highest BCUT2D eigenvalue weighted by atomic mass is 19.3. The lowest BCUT2D eigenvalue weighted by atomic mass is 9.99. The molecule has 0 unspecified atom stereocenters. The molecule has 4 aromatic rings. The van der Waals surface area contributed by atoms with Crippen LogP contribution in [0.1, 0.15) is 24.9 Å². The summed E-state index contributed by atoms with van der Waals surface area (Å²) in [6.07, 6.45) is 5.82. The monoisotopic (exact) mass is 447 g/mol. The van der Waals surface area contributed by atoms with Crippen molar-refractivity contribution in [1.82, 2.24) is 20.1 Å². The third kappa shape index (κ3) is 4.04. The molecule has 0 aliphatic carbocycles. The summed E-state index contributed by atoms with van der Waals surface area (Å²) in [5.41, 5.74) is 3.79. The number of hydrogen-bond acceptors (Lipinski definition) is 4. The van der Waals surface area contributed by atoms with E-state index in [1.807, 2.05) is 65.5 Å². The minimum absolute atomic E-state index is 0.259. The number of pyridine rings is 1. The normalized spacial score (nSPS) is 18.6. The van der Waals surface area contributed by atoms with Crippen LogP contribution in [0.15, 0.2) is 79.3 Å². The fourth-order valence-corrected chi connectivity index (χ4v) is 4.48. The lowest BCUT2D eigenvalue weighted by Crippen LogP contribution is -2.46. The number of halogens is 2. The highest BCUT2D eigenvalue weighted by Gasteiger charge is 2.40. The van der Waals surface area contributed by atoms with Gasteiger partial charge < -0.3 is 10.2 Å². The molecule has 0 saturated carbocycles. The highest BCUT2D eigenvalue weighted by Crippen LogP contribution is 2.38. The Labute approximate surface area is 189 Å². The zero-order valence-corrected chi connectivity index (χ0v) is 18.0. The van der Waals surface area contributed by atoms with E-state index in [4.69, 9.17) is 0 Å². The smallest absolute Gasteiger partial charge is 0.321 e. The van der Waals surface area contributed by atoms with Crippen LogP contribution in [0.25, 0.3) is 16.6 Å². The van der Waals surface area contributed by atoms with Crippen molar-refractivity contribution in [3.05, 3.63) is 84.8 Å². The van der Waals surface area contributed by atoms with Gasteiger partial charge in [-0.2, -0.15) is 13.9 Å². The number of aromatic nitrogens is 3. The fourth-order valence-electron chi connectivity index (χ4n) is 4.48. The molecule has 2 atom stereocenters. The molecule has 1 aliphatic rings. The minimum Gasteiger partial charge on any atom is -0.362 e. The average molecular weight is 447 g/mol. The van der Waals surface area contributed by atoms with Crippen molar-refractivity contribution in [2.45, 2.75) is 31.4 Å². The number of carbonyl (C=O) groups excluding carboxylic acids is 1. The van der Waals surface area contributed by atoms with Crippen LogP contribution >= 0.6 is 0 Å². The van der Waals surface area contributed by atoms with E-state index in [1.165, 1.54) is 0 Å². The molecule has 8 heteroatoms. The summed E-state index contributed by atoms with van der Waals surface area (Å²) in [7, 11) is 0. The lowest BCUT2D eigenvalue weighted by Gasteiger charge is -2.31. The second kappa shape index (κ2) is 8.27. The first kappa shape index (κ1) is 21.1. The van der Waals surface area contributed by atoms with Crippen LogP contribution in [0.5, 0.6) is 0 Å². The van der Waals surface area contributed by atoms with Gasteiger partial charge in [0.2, 0.25) is 0 Å². The van der Waals surface area contributed by atoms with Crippen molar-refractivity contribution in [2.75, 3.05) is 11.4 Å². The quantitative estimate of drug-likeness (QED) is 0.489. The number of nitrogens with one attached hydrogen (secondary N) is 1. The van der Waals surface area contributed by atoms with Crippen molar-refractivity contribution >= 4 is 22.5 Å². The van der Waals surface area contributed by atoms with Crippen LogP contribution < -0.4 is 10.2 Å². The first-order chi connectivity index (χ1) is 15.9. The summed E-state index contributed by atoms with van der Waals surface area (Å²) >= 11 is 0. The molecular weight excluding hydrogens is 424 g/mol. The predicted octanol–water partition coefficient (Wildman–Crippen LogP) is 4.51. The van der Waals surface area contributed by atoms with E-state index in [9.17, 15) is 13.6 Å². The summed E-state index contributed by atoms with van der Waals surface area (Å²) in [4.78, 5) is 18.3. The standard InChI is InChI=1S/C25H23F2N5O/c1-25(26,27)24(33)30-21-11-14-31(23(21)17-5-3-2-4-6-17)20-7-8-22-18(15-20)16-29-32(22)19-9-12-28-13-10-19/h2-10,12-13,15-16,21,23H,11,14H2,1H3,(H,30,33)/t21-,23+/m1/s1.